The quantitative estimate of drug-likeness (QED) is 0.414. The predicted molar refractivity (Wildman–Crippen MR) is 120 cm³/mol. The highest BCUT2D eigenvalue weighted by Gasteiger charge is 2.22. The fourth-order valence-corrected chi connectivity index (χ4v) is 5.08. The van der Waals surface area contributed by atoms with E-state index in [1.54, 1.807) is 24.3 Å². The maximum atomic E-state index is 13.2. The van der Waals surface area contributed by atoms with Crippen molar-refractivity contribution in [3.05, 3.63) is 91.3 Å². The van der Waals surface area contributed by atoms with Crippen LogP contribution in [0.25, 0.3) is 53.8 Å². The molecule has 0 aliphatic carbocycles. The summed E-state index contributed by atoms with van der Waals surface area (Å²) in [7, 11) is 0. The van der Waals surface area contributed by atoms with Crippen LogP contribution in [0.5, 0.6) is 5.06 Å². The lowest BCUT2D eigenvalue weighted by atomic mass is 10.0. The van der Waals surface area contributed by atoms with Crippen LogP contribution >= 0.6 is 11.3 Å². The van der Waals surface area contributed by atoms with E-state index >= 15 is 0 Å². The summed E-state index contributed by atoms with van der Waals surface area (Å²) in [6.07, 6.45) is 0. The molecule has 30 heavy (non-hydrogen) atoms. The molecule has 0 radical (unpaired) electrons. The van der Waals surface area contributed by atoms with Crippen LogP contribution in [0.3, 0.4) is 0 Å². The van der Waals surface area contributed by atoms with E-state index in [4.69, 9.17) is 0 Å². The fourth-order valence-electron chi connectivity index (χ4n) is 4.14. The summed E-state index contributed by atoms with van der Waals surface area (Å²) in [5.74, 6) is 0. The third kappa shape index (κ3) is 2.11. The second kappa shape index (κ2) is 5.81. The van der Waals surface area contributed by atoms with Crippen LogP contribution in [-0.4, -0.2) is 10.1 Å². The summed E-state index contributed by atoms with van der Waals surface area (Å²) in [5.41, 5.74) is -0.0684. The fraction of sp³-hybridized carbons (Fsp3) is 0. The van der Waals surface area contributed by atoms with Crippen LogP contribution in [-0.2, 0) is 0 Å². The molecule has 0 aliphatic heterocycles. The maximum Gasteiger partial charge on any atom is 0.214 e. The van der Waals surface area contributed by atoms with Gasteiger partial charge in [-0.05, 0) is 18.2 Å². The highest BCUT2D eigenvalue weighted by Crippen LogP contribution is 2.42. The Hall–Kier alpha value is -3.90. The molecule has 0 atom stereocenters. The average molecular weight is 409 g/mol. The number of rotatable bonds is 1. The van der Waals surface area contributed by atoms with Gasteiger partial charge in [-0.3, -0.25) is 14.4 Å². The number of aromatic nitrogens is 1. The number of thiophene rings is 1. The zero-order valence-electron chi connectivity index (χ0n) is 15.3. The molecule has 5 nitrogen and oxygen atoms in total. The van der Waals surface area contributed by atoms with Gasteiger partial charge >= 0.3 is 0 Å². The normalized spacial score (nSPS) is 11.9. The second-order valence-electron chi connectivity index (χ2n) is 7.19. The van der Waals surface area contributed by atoms with Crippen LogP contribution in [0.4, 0.5) is 0 Å². The molecule has 6 rings (SSSR count). The predicted octanol–water partition coefficient (Wildman–Crippen LogP) is 4.08. The zero-order valence-corrected chi connectivity index (χ0v) is 16.1. The third-order valence-electron chi connectivity index (χ3n) is 5.55. The summed E-state index contributed by atoms with van der Waals surface area (Å²) in [6, 6.07) is 17.0. The van der Waals surface area contributed by atoms with E-state index in [-0.39, 0.29) is 43.2 Å². The van der Waals surface area contributed by atoms with Gasteiger partial charge in [0.05, 0.1) is 16.5 Å². The molecule has 0 unspecified atom stereocenters. The summed E-state index contributed by atoms with van der Waals surface area (Å²) < 4.78 is 0.844. The molecule has 0 fully saturated rings. The molecular formula is C24H11NO4S. The summed E-state index contributed by atoms with van der Waals surface area (Å²) in [6.45, 7) is 0. The first-order valence-corrected chi connectivity index (χ1v) is 10.1. The topological polar surface area (TPSA) is 84.3 Å². The first kappa shape index (κ1) is 17.0. The van der Waals surface area contributed by atoms with Gasteiger partial charge in [0.25, 0.3) is 0 Å². The Morgan fingerprint density at radius 3 is 1.97 bits per heavy atom. The van der Waals surface area contributed by atoms with Gasteiger partial charge < -0.3 is 5.11 Å². The molecule has 2 aromatic heterocycles. The van der Waals surface area contributed by atoms with E-state index in [1.807, 2.05) is 24.3 Å². The summed E-state index contributed by atoms with van der Waals surface area (Å²) in [4.78, 5) is 43.5. The smallest absolute Gasteiger partial charge is 0.214 e. The first-order chi connectivity index (χ1) is 14.5. The van der Waals surface area contributed by atoms with Gasteiger partial charge in [0.2, 0.25) is 5.43 Å². The van der Waals surface area contributed by atoms with Crippen LogP contribution < -0.4 is 16.3 Å². The van der Waals surface area contributed by atoms with Crippen molar-refractivity contribution in [2.75, 3.05) is 0 Å². The van der Waals surface area contributed by atoms with Crippen LogP contribution in [0.2, 0.25) is 0 Å². The summed E-state index contributed by atoms with van der Waals surface area (Å²) >= 11 is 1.18. The lowest BCUT2D eigenvalue weighted by Crippen LogP contribution is -2.13. The Labute approximate surface area is 171 Å². The van der Waals surface area contributed by atoms with Gasteiger partial charge in [-0.1, -0.05) is 53.8 Å². The van der Waals surface area contributed by atoms with Crippen molar-refractivity contribution in [2.45, 2.75) is 0 Å². The highest BCUT2D eigenvalue weighted by molar-refractivity contribution is 7.21. The number of hydrogen-bond acceptors (Lipinski definition) is 6. The molecule has 2 heterocycles. The van der Waals surface area contributed by atoms with Gasteiger partial charge in [0.1, 0.15) is 5.69 Å². The number of fused-ring (bicyclic) bond motifs is 4. The SMILES string of the molecule is O=c1c(-c2c(O)sc3ccccc23)nc2cc3c(=O)c4ccccc4c(=O)c3cc12. The van der Waals surface area contributed by atoms with Gasteiger partial charge in [-0.15, -0.1) is 0 Å². The lowest BCUT2D eigenvalue weighted by molar-refractivity contribution is 0.493. The minimum Gasteiger partial charge on any atom is -0.499 e. The monoisotopic (exact) mass is 409 g/mol. The highest BCUT2D eigenvalue weighted by atomic mass is 32.1. The van der Waals surface area contributed by atoms with Gasteiger partial charge in [-0.25, -0.2) is 4.98 Å². The van der Waals surface area contributed by atoms with Gasteiger partial charge in [0, 0.05) is 31.6 Å². The molecule has 0 spiro atoms. The molecule has 142 valence electrons. The van der Waals surface area contributed by atoms with E-state index in [9.17, 15) is 19.5 Å². The molecule has 0 saturated heterocycles. The van der Waals surface area contributed by atoms with Crippen LogP contribution in [0.15, 0.2) is 75.0 Å². The Bertz CT molecular complexity index is 1820. The van der Waals surface area contributed by atoms with E-state index in [0.717, 1.165) is 10.1 Å². The number of hydrogen-bond donors (Lipinski definition) is 1. The van der Waals surface area contributed by atoms with E-state index in [1.165, 1.54) is 23.5 Å². The number of benzene rings is 4. The van der Waals surface area contributed by atoms with Crippen LogP contribution in [0.1, 0.15) is 0 Å². The maximum absolute atomic E-state index is 13.2. The third-order valence-corrected chi connectivity index (χ3v) is 6.52. The van der Waals surface area contributed by atoms with E-state index in [0.29, 0.717) is 21.9 Å². The molecule has 0 amide bonds. The average Bonchev–Trinajstić information content (AvgIpc) is 3.26. The van der Waals surface area contributed by atoms with Crippen molar-refractivity contribution in [3.63, 3.8) is 0 Å². The number of nitrogens with zero attached hydrogens (tertiary/aromatic N) is 1. The first-order valence-electron chi connectivity index (χ1n) is 9.25. The van der Waals surface area contributed by atoms with Crippen molar-refractivity contribution in [1.29, 1.82) is 0 Å². The molecule has 4 aromatic carbocycles. The standard InChI is InChI=1S/C24H11NO4S/c26-21-11-5-1-2-6-12(11)22(27)15-10-17-16(9-14(15)21)23(28)20(25-17)19-13-7-3-4-8-18(13)30-24(19)29/h1-10,29H. The van der Waals surface area contributed by atoms with Crippen molar-refractivity contribution in [1.82, 2.24) is 4.98 Å². The Balaban J connectivity index is 1.76. The minimum absolute atomic E-state index is 0.0143. The largest absolute Gasteiger partial charge is 0.499 e. The van der Waals surface area contributed by atoms with Crippen molar-refractivity contribution < 1.29 is 5.11 Å². The van der Waals surface area contributed by atoms with Crippen LogP contribution in [0, 0.1) is 0 Å². The second-order valence-corrected chi connectivity index (χ2v) is 8.22. The lowest BCUT2D eigenvalue weighted by Gasteiger charge is -2.00. The van der Waals surface area contributed by atoms with Crippen molar-refractivity contribution in [3.8, 4) is 16.3 Å². The minimum atomic E-state index is -0.370. The summed E-state index contributed by atoms with van der Waals surface area (Å²) in [5, 5.41) is 12.6. The Kier molecular flexibility index (Phi) is 3.29. The van der Waals surface area contributed by atoms with Gasteiger partial charge in [0.15, 0.2) is 15.9 Å². The Morgan fingerprint density at radius 2 is 1.27 bits per heavy atom. The van der Waals surface area contributed by atoms with E-state index in [2.05, 4.69) is 4.98 Å². The molecule has 0 aliphatic rings. The van der Waals surface area contributed by atoms with Crippen molar-refractivity contribution >= 4 is 53.9 Å². The molecule has 0 bridgehead atoms. The molecule has 6 aromatic rings. The molecular weight excluding hydrogens is 398 g/mol. The van der Waals surface area contributed by atoms with E-state index < -0.39 is 0 Å². The molecule has 1 N–H and O–H groups in total. The Morgan fingerprint density at radius 1 is 0.667 bits per heavy atom. The molecule has 6 heteroatoms. The molecule has 0 saturated carbocycles. The zero-order chi connectivity index (χ0) is 20.6. The van der Waals surface area contributed by atoms with Crippen molar-refractivity contribution in [2.24, 2.45) is 0 Å². The van der Waals surface area contributed by atoms with Gasteiger partial charge in [-0.2, -0.15) is 0 Å². The number of aromatic hydroxyl groups is 1.